The predicted octanol–water partition coefficient (Wildman–Crippen LogP) is 0.923. The van der Waals surface area contributed by atoms with Gasteiger partial charge in [0.1, 0.15) is 11.9 Å². The maximum Gasteiger partial charge on any atom is 0.327 e. The average Bonchev–Trinajstić information content (AvgIpc) is 3.02. The van der Waals surface area contributed by atoms with E-state index < -0.39 is 22.0 Å². The van der Waals surface area contributed by atoms with Gasteiger partial charge in [-0.1, -0.05) is 18.2 Å². The lowest BCUT2D eigenvalue weighted by Gasteiger charge is -2.23. The van der Waals surface area contributed by atoms with Gasteiger partial charge in [-0.05, 0) is 18.6 Å². The Morgan fingerprint density at radius 1 is 1.43 bits per heavy atom. The highest BCUT2D eigenvalue weighted by molar-refractivity contribution is 7.92. The topological polar surface area (TPSA) is 103 Å². The summed E-state index contributed by atoms with van der Waals surface area (Å²) in [5.41, 5.74) is 1.10. The number of para-hydroxylation sites is 1. The van der Waals surface area contributed by atoms with E-state index >= 15 is 0 Å². The summed E-state index contributed by atoms with van der Waals surface area (Å²) in [4.78, 5) is 18.0. The van der Waals surface area contributed by atoms with Crippen LogP contribution in [-0.2, 0) is 21.2 Å². The Morgan fingerprint density at radius 2 is 2.14 bits per heavy atom. The number of benzene rings is 1. The predicted molar refractivity (Wildman–Crippen MR) is 74.6 cm³/mol. The SMILES string of the molecule is Cc1ncc(S(=O)(=O)N2c3ccccc3CC2C(=O)O)[nH]1. The summed E-state index contributed by atoms with van der Waals surface area (Å²) in [5, 5.41) is 9.23. The third-order valence-corrected chi connectivity index (χ3v) is 5.16. The molecule has 0 amide bonds. The fourth-order valence-electron chi connectivity index (χ4n) is 2.48. The number of aliphatic carboxylic acids is 1. The number of anilines is 1. The van der Waals surface area contributed by atoms with E-state index in [9.17, 15) is 18.3 Å². The minimum Gasteiger partial charge on any atom is -0.480 e. The van der Waals surface area contributed by atoms with E-state index in [1.165, 1.54) is 6.20 Å². The first-order valence-electron chi connectivity index (χ1n) is 6.28. The number of fused-ring (bicyclic) bond motifs is 1. The second-order valence-electron chi connectivity index (χ2n) is 4.82. The summed E-state index contributed by atoms with van der Waals surface area (Å²) in [7, 11) is -3.99. The van der Waals surface area contributed by atoms with Crippen LogP contribution in [0.25, 0.3) is 0 Å². The van der Waals surface area contributed by atoms with Crippen LogP contribution in [0.2, 0.25) is 0 Å². The second kappa shape index (κ2) is 4.59. The zero-order valence-corrected chi connectivity index (χ0v) is 12.0. The standard InChI is InChI=1S/C13H13N3O4S/c1-8-14-7-12(15-8)21(19,20)16-10-5-3-2-4-9(10)6-11(16)13(17)18/h2-5,7,11H,6H2,1H3,(H,14,15)(H,17,18). The highest BCUT2D eigenvalue weighted by Gasteiger charge is 2.42. The largest absolute Gasteiger partial charge is 0.480 e. The summed E-state index contributed by atoms with van der Waals surface area (Å²) < 4.78 is 26.4. The molecule has 1 unspecified atom stereocenters. The molecule has 8 heteroatoms. The van der Waals surface area contributed by atoms with Crippen LogP contribution < -0.4 is 4.31 Å². The highest BCUT2D eigenvalue weighted by atomic mass is 32.2. The number of carboxylic acid groups (broad SMARTS) is 1. The first-order valence-corrected chi connectivity index (χ1v) is 7.72. The Bertz CT molecular complexity index is 812. The van der Waals surface area contributed by atoms with Crippen molar-refractivity contribution < 1.29 is 18.3 Å². The van der Waals surface area contributed by atoms with Crippen molar-refractivity contribution in [3.8, 4) is 0 Å². The van der Waals surface area contributed by atoms with Crippen molar-refractivity contribution in [1.29, 1.82) is 0 Å². The molecule has 21 heavy (non-hydrogen) atoms. The Morgan fingerprint density at radius 3 is 2.76 bits per heavy atom. The second-order valence-corrected chi connectivity index (χ2v) is 6.60. The van der Waals surface area contributed by atoms with Crippen LogP contribution in [0.3, 0.4) is 0 Å². The number of H-pyrrole nitrogens is 1. The zero-order chi connectivity index (χ0) is 15.2. The van der Waals surface area contributed by atoms with E-state index in [1.54, 1.807) is 31.2 Å². The molecule has 7 nitrogen and oxygen atoms in total. The van der Waals surface area contributed by atoms with Gasteiger partial charge in [0.15, 0.2) is 5.03 Å². The number of nitrogens with one attached hydrogen (secondary N) is 1. The molecule has 1 aromatic heterocycles. The van der Waals surface area contributed by atoms with Crippen LogP contribution in [0.5, 0.6) is 0 Å². The summed E-state index contributed by atoms with van der Waals surface area (Å²) >= 11 is 0. The number of hydrogen-bond acceptors (Lipinski definition) is 4. The molecule has 0 saturated heterocycles. The summed E-state index contributed by atoms with van der Waals surface area (Å²) in [6.45, 7) is 1.63. The van der Waals surface area contributed by atoms with E-state index in [0.717, 1.165) is 4.31 Å². The number of aromatic amines is 1. The lowest BCUT2D eigenvalue weighted by Crippen LogP contribution is -2.42. The van der Waals surface area contributed by atoms with Crippen LogP contribution in [0.15, 0.2) is 35.5 Å². The van der Waals surface area contributed by atoms with Crippen molar-refractivity contribution in [2.24, 2.45) is 0 Å². The van der Waals surface area contributed by atoms with Crippen molar-refractivity contribution in [3.05, 3.63) is 41.9 Å². The normalized spacial score (nSPS) is 17.8. The number of imidazole rings is 1. The number of sulfonamides is 1. The van der Waals surface area contributed by atoms with Gasteiger partial charge in [0, 0.05) is 6.42 Å². The van der Waals surface area contributed by atoms with Gasteiger partial charge in [0.05, 0.1) is 11.9 Å². The molecule has 0 radical (unpaired) electrons. The van der Waals surface area contributed by atoms with E-state index in [-0.39, 0.29) is 11.4 Å². The Labute approximate surface area is 121 Å². The van der Waals surface area contributed by atoms with E-state index in [1.807, 2.05) is 0 Å². The fraction of sp³-hybridized carbons (Fsp3) is 0.231. The summed E-state index contributed by atoms with van der Waals surface area (Å²) in [6, 6.07) is 5.65. The van der Waals surface area contributed by atoms with Crippen molar-refractivity contribution in [2.75, 3.05) is 4.31 Å². The van der Waals surface area contributed by atoms with Crippen LogP contribution in [0, 0.1) is 6.92 Å². The van der Waals surface area contributed by atoms with Crippen molar-refractivity contribution in [1.82, 2.24) is 9.97 Å². The maximum atomic E-state index is 12.7. The number of nitrogens with zero attached hydrogens (tertiary/aromatic N) is 2. The first-order chi connectivity index (χ1) is 9.91. The number of carboxylic acids is 1. The molecular weight excluding hydrogens is 294 g/mol. The summed E-state index contributed by atoms with van der Waals surface area (Å²) in [5.74, 6) is -0.723. The number of carbonyl (C=O) groups is 1. The third-order valence-electron chi connectivity index (χ3n) is 3.43. The molecule has 0 aliphatic carbocycles. The Kier molecular flexibility index (Phi) is 2.98. The Hall–Kier alpha value is -2.35. The van der Waals surface area contributed by atoms with Gasteiger partial charge in [-0.2, -0.15) is 8.42 Å². The lowest BCUT2D eigenvalue weighted by atomic mass is 10.1. The van der Waals surface area contributed by atoms with Gasteiger partial charge in [-0.25, -0.2) is 9.78 Å². The molecule has 3 rings (SSSR count). The van der Waals surface area contributed by atoms with E-state index in [0.29, 0.717) is 17.1 Å². The molecule has 2 aromatic rings. The maximum absolute atomic E-state index is 12.7. The molecule has 0 bridgehead atoms. The van der Waals surface area contributed by atoms with Crippen LogP contribution in [-0.4, -0.2) is 35.5 Å². The van der Waals surface area contributed by atoms with Crippen molar-refractivity contribution in [3.63, 3.8) is 0 Å². The lowest BCUT2D eigenvalue weighted by molar-refractivity contribution is -0.138. The van der Waals surface area contributed by atoms with Gasteiger partial charge in [0.25, 0.3) is 10.0 Å². The number of aryl methyl sites for hydroxylation is 1. The number of rotatable bonds is 3. The Balaban J connectivity index is 2.16. The average molecular weight is 307 g/mol. The highest BCUT2D eigenvalue weighted by Crippen LogP contribution is 2.36. The number of hydrogen-bond donors (Lipinski definition) is 2. The molecule has 0 fully saturated rings. The molecule has 1 aromatic carbocycles. The third kappa shape index (κ3) is 2.07. The van der Waals surface area contributed by atoms with Gasteiger partial charge < -0.3 is 10.1 Å². The molecule has 110 valence electrons. The summed E-state index contributed by atoms with van der Waals surface area (Å²) in [6.07, 6.45) is 1.35. The minimum atomic E-state index is -3.99. The quantitative estimate of drug-likeness (QED) is 0.877. The van der Waals surface area contributed by atoms with Gasteiger partial charge in [0.2, 0.25) is 0 Å². The number of aromatic nitrogens is 2. The first kappa shape index (κ1) is 13.6. The molecule has 2 heterocycles. The van der Waals surface area contributed by atoms with Crippen LogP contribution in [0.1, 0.15) is 11.4 Å². The van der Waals surface area contributed by atoms with Crippen molar-refractivity contribution in [2.45, 2.75) is 24.4 Å². The molecular formula is C13H13N3O4S. The molecule has 1 aliphatic heterocycles. The fourth-order valence-corrected chi connectivity index (χ4v) is 4.09. The van der Waals surface area contributed by atoms with Crippen LogP contribution >= 0.6 is 0 Å². The zero-order valence-electron chi connectivity index (χ0n) is 11.1. The smallest absolute Gasteiger partial charge is 0.327 e. The van der Waals surface area contributed by atoms with Gasteiger partial charge in [-0.3, -0.25) is 4.31 Å². The monoisotopic (exact) mass is 307 g/mol. The molecule has 1 aliphatic rings. The van der Waals surface area contributed by atoms with Crippen LogP contribution in [0.4, 0.5) is 5.69 Å². The van der Waals surface area contributed by atoms with Gasteiger partial charge in [-0.15, -0.1) is 0 Å². The molecule has 0 saturated carbocycles. The molecule has 1 atom stereocenters. The van der Waals surface area contributed by atoms with Gasteiger partial charge >= 0.3 is 5.97 Å². The molecule has 0 spiro atoms. The molecule has 2 N–H and O–H groups in total. The van der Waals surface area contributed by atoms with E-state index in [2.05, 4.69) is 9.97 Å². The minimum absolute atomic E-state index is 0.108. The van der Waals surface area contributed by atoms with Crippen molar-refractivity contribution >= 4 is 21.7 Å². The van der Waals surface area contributed by atoms with E-state index in [4.69, 9.17) is 0 Å².